The molecule has 0 spiro atoms. The maximum Gasteiger partial charge on any atom is 0.324 e. The standard InChI is InChI=1S/C32H32N10O2/c1-18-7-8-21(13-23(18)24-12-20-16-35-30(33-5)39-28(20)41(6)29(24)43)37-31(44)38-27-14-26(32(2,3)4)40-42(27)22-9-10-25-19(11-22)15-34-17-36-25/h7-17H,1-6H3,(H,33,35,39)(H2,37,38,44). The van der Waals surface area contributed by atoms with Crippen molar-refractivity contribution in [3.05, 3.63) is 88.9 Å². The van der Waals surface area contributed by atoms with E-state index in [0.29, 0.717) is 34.2 Å². The third-order valence-corrected chi connectivity index (χ3v) is 7.41. The van der Waals surface area contributed by atoms with Crippen molar-refractivity contribution in [3.63, 3.8) is 0 Å². The number of aryl methyl sites for hydroxylation is 2. The minimum Gasteiger partial charge on any atom is -0.357 e. The Morgan fingerprint density at radius 3 is 2.50 bits per heavy atom. The highest BCUT2D eigenvalue weighted by molar-refractivity contribution is 6.00. The third-order valence-electron chi connectivity index (χ3n) is 7.41. The number of fused-ring (bicyclic) bond motifs is 2. The Balaban J connectivity index is 1.32. The Morgan fingerprint density at radius 2 is 1.73 bits per heavy atom. The number of nitrogens with one attached hydrogen (secondary N) is 3. The molecule has 0 atom stereocenters. The first-order chi connectivity index (χ1) is 21.0. The lowest BCUT2D eigenvalue weighted by molar-refractivity contribution is 0.262. The molecule has 12 heteroatoms. The summed E-state index contributed by atoms with van der Waals surface area (Å²) in [7, 11) is 3.41. The number of rotatable bonds is 5. The maximum absolute atomic E-state index is 13.4. The zero-order valence-electron chi connectivity index (χ0n) is 25.3. The molecule has 2 amide bonds. The van der Waals surface area contributed by atoms with Crippen molar-refractivity contribution in [3.8, 4) is 16.8 Å². The quantitative estimate of drug-likeness (QED) is 0.242. The van der Waals surface area contributed by atoms with E-state index in [1.54, 1.807) is 49.4 Å². The number of benzene rings is 2. The average molecular weight is 589 g/mol. The molecule has 12 nitrogen and oxygen atoms in total. The largest absolute Gasteiger partial charge is 0.357 e. The van der Waals surface area contributed by atoms with Crippen molar-refractivity contribution in [2.24, 2.45) is 7.05 Å². The molecule has 4 aromatic heterocycles. The lowest BCUT2D eigenvalue weighted by atomic mass is 9.92. The van der Waals surface area contributed by atoms with E-state index in [-0.39, 0.29) is 11.0 Å². The number of hydrogen-bond donors (Lipinski definition) is 3. The molecular formula is C32H32N10O2. The molecule has 6 aromatic rings. The van der Waals surface area contributed by atoms with E-state index in [9.17, 15) is 9.59 Å². The topological polar surface area (TPSA) is 145 Å². The fraction of sp³-hybridized carbons (Fsp3) is 0.219. The molecule has 0 radical (unpaired) electrons. The van der Waals surface area contributed by atoms with Crippen molar-refractivity contribution < 1.29 is 4.79 Å². The first kappa shape index (κ1) is 28.5. The zero-order valence-corrected chi connectivity index (χ0v) is 25.3. The van der Waals surface area contributed by atoms with Gasteiger partial charge in [0.1, 0.15) is 17.8 Å². The maximum atomic E-state index is 13.4. The summed E-state index contributed by atoms with van der Waals surface area (Å²) >= 11 is 0. The number of anilines is 3. The van der Waals surface area contributed by atoms with Gasteiger partial charge in [0.05, 0.1) is 16.9 Å². The SMILES string of the molecule is CNc1ncc2cc(-c3cc(NC(=O)Nc4cc(C(C)(C)C)nn4-c4ccc5ncncc5c4)ccc3C)c(=O)n(C)c2n1. The van der Waals surface area contributed by atoms with Crippen LogP contribution in [-0.4, -0.2) is 47.4 Å². The minimum atomic E-state index is -0.454. The van der Waals surface area contributed by atoms with Crippen LogP contribution in [0.25, 0.3) is 38.8 Å². The van der Waals surface area contributed by atoms with Gasteiger partial charge in [-0.1, -0.05) is 26.8 Å². The molecule has 0 saturated heterocycles. The molecule has 0 fully saturated rings. The summed E-state index contributed by atoms with van der Waals surface area (Å²) in [6.45, 7) is 8.11. The van der Waals surface area contributed by atoms with Crippen LogP contribution in [0.1, 0.15) is 32.0 Å². The van der Waals surface area contributed by atoms with Crippen LogP contribution in [0.15, 0.2) is 72.0 Å². The first-order valence-corrected chi connectivity index (χ1v) is 14.1. The van der Waals surface area contributed by atoms with Crippen molar-refractivity contribution >= 4 is 45.4 Å². The van der Waals surface area contributed by atoms with Gasteiger partial charge in [-0.05, 0) is 54.4 Å². The number of urea groups is 1. The number of pyridine rings is 1. The van der Waals surface area contributed by atoms with Gasteiger partial charge in [-0.2, -0.15) is 10.1 Å². The highest BCUT2D eigenvalue weighted by Gasteiger charge is 2.22. The highest BCUT2D eigenvalue weighted by Crippen LogP contribution is 2.29. The van der Waals surface area contributed by atoms with E-state index in [2.05, 4.69) is 56.7 Å². The van der Waals surface area contributed by atoms with Crippen LogP contribution in [0.3, 0.4) is 0 Å². The number of aromatic nitrogens is 7. The van der Waals surface area contributed by atoms with Gasteiger partial charge in [0, 0.05) is 60.0 Å². The Morgan fingerprint density at radius 1 is 0.909 bits per heavy atom. The molecule has 2 aromatic carbocycles. The van der Waals surface area contributed by atoms with E-state index >= 15 is 0 Å². The van der Waals surface area contributed by atoms with Gasteiger partial charge in [0.15, 0.2) is 0 Å². The molecule has 3 N–H and O–H groups in total. The molecule has 0 aliphatic heterocycles. The highest BCUT2D eigenvalue weighted by atomic mass is 16.2. The van der Waals surface area contributed by atoms with Gasteiger partial charge in [0.2, 0.25) is 5.95 Å². The Hall–Kier alpha value is -5.65. The predicted octanol–water partition coefficient (Wildman–Crippen LogP) is 5.42. The lowest BCUT2D eigenvalue weighted by Gasteiger charge is -2.14. The van der Waals surface area contributed by atoms with Gasteiger partial charge in [-0.3, -0.25) is 14.7 Å². The summed E-state index contributed by atoms with van der Waals surface area (Å²) in [5, 5.41) is 15.2. The summed E-state index contributed by atoms with van der Waals surface area (Å²) in [4.78, 5) is 43.9. The minimum absolute atomic E-state index is 0.206. The van der Waals surface area contributed by atoms with Crippen molar-refractivity contribution in [1.82, 2.24) is 34.3 Å². The second kappa shape index (κ2) is 10.9. The fourth-order valence-corrected chi connectivity index (χ4v) is 4.97. The van der Waals surface area contributed by atoms with Crippen LogP contribution in [0, 0.1) is 6.92 Å². The molecule has 0 bridgehead atoms. The van der Waals surface area contributed by atoms with Gasteiger partial charge < -0.3 is 10.6 Å². The second-order valence-electron chi connectivity index (χ2n) is 11.6. The smallest absolute Gasteiger partial charge is 0.324 e. The monoisotopic (exact) mass is 588 g/mol. The molecular weight excluding hydrogens is 556 g/mol. The molecule has 44 heavy (non-hydrogen) atoms. The average Bonchev–Trinajstić information content (AvgIpc) is 3.44. The molecule has 6 rings (SSSR count). The van der Waals surface area contributed by atoms with Gasteiger partial charge >= 0.3 is 6.03 Å². The molecule has 0 unspecified atom stereocenters. The number of carbonyl (C=O) groups excluding carboxylic acids is 1. The number of nitrogens with zero attached hydrogens (tertiary/aromatic N) is 7. The van der Waals surface area contributed by atoms with E-state index in [1.807, 2.05) is 37.3 Å². The fourth-order valence-electron chi connectivity index (χ4n) is 4.97. The molecule has 222 valence electrons. The molecule has 4 heterocycles. The molecule has 0 aliphatic rings. The van der Waals surface area contributed by atoms with E-state index in [4.69, 9.17) is 5.10 Å². The summed E-state index contributed by atoms with van der Waals surface area (Å²) in [6, 6.07) is 14.4. The van der Waals surface area contributed by atoms with Gasteiger partial charge in [-0.25, -0.2) is 24.4 Å². The summed E-state index contributed by atoms with van der Waals surface area (Å²) < 4.78 is 3.21. The summed E-state index contributed by atoms with van der Waals surface area (Å²) in [5.41, 5.74) is 5.03. The summed E-state index contributed by atoms with van der Waals surface area (Å²) in [5.74, 6) is 0.930. The Labute approximate surface area is 253 Å². The zero-order chi connectivity index (χ0) is 31.2. The van der Waals surface area contributed by atoms with Crippen molar-refractivity contribution in [1.29, 1.82) is 0 Å². The van der Waals surface area contributed by atoms with E-state index < -0.39 is 6.03 Å². The number of hydrogen-bond acceptors (Lipinski definition) is 8. The van der Waals surface area contributed by atoms with Crippen LogP contribution < -0.4 is 21.5 Å². The number of carbonyl (C=O) groups is 1. The predicted molar refractivity (Wildman–Crippen MR) is 173 cm³/mol. The van der Waals surface area contributed by atoms with E-state index in [1.165, 1.54) is 10.9 Å². The normalized spacial score (nSPS) is 11.6. The Kier molecular flexibility index (Phi) is 7.04. The molecule has 0 saturated carbocycles. The van der Waals surface area contributed by atoms with Crippen LogP contribution in [-0.2, 0) is 12.5 Å². The third kappa shape index (κ3) is 5.33. The van der Waals surface area contributed by atoms with Crippen LogP contribution in [0.2, 0.25) is 0 Å². The van der Waals surface area contributed by atoms with Crippen molar-refractivity contribution in [2.75, 3.05) is 23.0 Å². The van der Waals surface area contributed by atoms with E-state index in [0.717, 1.165) is 33.2 Å². The van der Waals surface area contributed by atoms with Crippen LogP contribution >= 0.6 is 0 Å². The molecule has 0 aliphatic carbocycles. The lowest BCUT2D eigenvalue weighted by Crippen LogP contribution is -2.22. The van der Waals surface area contributed by atoms with Gasteiger partial charge in [0.25, 0.3) is 5.56 Å². The summed E-state index contributed by atoms with van der Waals surface area (Å²) in [6.07, 6.45) is 4.93. The Bertz CT molecular complexity index is 2120. The van der Waals surface area contributed by atoms with Crippen molar-refractivity contribution in [2.45, 2.75) is 33.1 Å². The van der Waals surface area contributed by atoms with Gasteiger partial charge in [-0.15, -0.1) is 0 Å². The number of amides is 2. The van der Waals surface area contributed by atoms with Crippen LogP contribution in [0.5, 0.6) is 0 Å². The van der Waals surface area contributed by atoms with Crippen LogP contribution in [0.4, 0.5) is 22.2 Å². The second-order valence-corrected chi connectivity index (χ2v) is 11.6. The first-order valence-electron chi connectivity index (χ1n) is 14.1.